The number of carbonyl (C=O) groups is 1. The molecular weight excluding hydrogens is 254 g/mol. The molecule has 1 unspecified atom stereocenters. The fraction of sp³-hybridized carbons (Fsp3) is 0.933. The zero-order valence-electron chi connectivity index (χ0n) is 13.0. The van der Waals surface area contributed by atoms with Crippen LogP contribution in [0.1, 0.15) is 39.5 Å². The van der Waals surface area contributed by atoms with E-state index in [9.17, 15) is 4.79 Å². The van der Waals surface area contributed by atoms with Gasteiger partial charge in [0.05, 0.1) is 6.61 Å². The van der Waals surface area contributed by atoms with Crippen molar-refractivity contribution >= 4 is 5.91 Å². The number of amides is 1. The van der Waals surface area contributed by atoms with Gasteiger partial charge in [0.1, 0.15) is 5.54 Å². The number of primary amides is 1. The van der Waals surface area contributed by atoms with Gasteiger partial charge in [-0.25, -0.2) is 0 Å². The van der Waals surface area contributed by atoms with Crippen LogP contribution in [0.3, 0.4) is 0 Å². The summed E-state index contributed by atoms with van der Waals surface area (Å²) in [5.74, 6) is 0.197. The summed E-state index contributed by atoms with van der Waals surface area (Å²) in [6, 6.07) is 0.864. The molecule has 0 bridgehead atoms. The first-order chi connectivity index (χ1) is 9.49. The number of rotatable bonds is 10. The molecule has 0 aromatic rings. The van der Waals surface area contributed by atoms with Gasteiger partial charge in [0.15, 0.2) is 0 Å². The lowest BCUT2D eigenvalue weighted by molar-refractivity contribution is -0.126. The van der Waals surface area contributed by atoms with E-state index in [1.54, 1.807) is 7.11 Å². The zero-order chi connectivity index (χ0) is 14.8. The summed E-state index contributed by atoms with van der Waals surface area (Å²) in [6.07, 6.45) is 4.66. The Kier molecular flexibility index (Phi) is 5.04. The molecule has 116 valence electrons. The highest BCUT2D eigenvalue weighted by atomic mass is 16.5. The third kappa shape index (κ3) is 3.71. The molecule has 2 aliphatic carbocycles. The van der Waals surface area contributed by atoms with Crippen LogP contribution in [0.2, 0.25) is 0 Å². The van der Waals surface area contributed by atoms with Crippen molar-refractivity contribution in [2.75, 3.05) is 26.8 Å². The summed E-state index contributed by atoms with van der Waals surface area (Å²) < 4.78 is 5.20. The van der Waals surface area contributed by atoms with E-state index in [1.807, 2.05) is 0 Å². The average molecular weight is 283 g/mol. The molecule has 0 aliphatic heterocycles. The maximum Gasteiger partial charge on any atom is 0.239 e. The van der Waals surface area contributed by atoms with Crippen LogP contribution in [-0.4, -0.2) is 55.2 Å². The molecule has 0 spiro atoms. The second-order valence-electron chi connectivity index (χ2n) is 6.60. The van der Waals surface area contributed by atoms with Gasteiger partial charge in [-0.05, 0) is 45.4 Å². The lowest BCUT2D eigenvalue weighted by Crippen LogP contribution is -2.65. The number of hydrogen-bond donors (Lipinski definition) is 2. The van der Waals surface area contributed by atoms with Crippen LogP contribution in [-0.2, 0) is 9.53 Å². The van der Waals surface area contributed by atoms with E-state index in [0.717, 1.165) is 25.9 Å². The molecule has 20 heavy (non-hydrogen) atoms. The SMILES string of the molecule is COCCN(CC(NC(C)C)(C(N)=O)C1CC1)C1CC1. The second-order valence-corrected chi connectivity index (χ2v) is 6.60. The number of nitrogens with two attached hydrogens (primary N) is 1. The Morgan fingerprint density at radius 2 is 2.05 bits per heavy atom. The molecule has 0 saturated heterocycles. The average Bonchev–Trinajstić information content (AvgIpc) is 3.24. The summed E-state index contributed by atoms with van der Waals surface area (Å²) in [6.45, 7) is 6.47. The van der Waals surface area contributed by atoms with Crippen molar-refractivity contribution < 1.29 is 9.53 Å². The van der Waals surface area contributed by atoms with Gasteiger partial charge < -0.3 is 10.5 Å². The molecule has 0 heterocycles. The predicted octanol–water partition coefficient (Wildman–Crippen LogP) is 0.729. The van der Waals surface area contributed by atoms with Crippen LogP contribution in [0.15, 0.2) is 0 Å². The minimum Gasteiger partial charge on any atom is -0.383 e. The molecule has 5 nitrogen and oxygen atoms in total. The molecule has 0 radical (unpaired) electrons. The molecule has 5 heteroatoms. The second kappa shape index (κ2) is 6.41. The Morgan fingerprint density at radius 1 is 1.40 bits per heavy atom. The van der Waals surface area contributed by atoms with E-state index in [-0.39, 0.29) is 11.9 Å². The maximum atomic E-state index is 12.2. The predicted molar refractivity (Wildman–Crippen MR) is 79.4 cm³/mol. The molecule has 0 aromatic carbocycles. The maximum absolute atomic E-state index is 12.2. The van der Waals surface area contributed by atoms with Gasteiger partial charge in [-0.15, -0.1) is 0 Å². The van der Waals surface area contributed by atoms with Crippen molar-refractivity contribution in [2.24, 2.45) is 11.7 Å². The standard InChI is InChI=1S/C15H29N3O2/c1-11(2)17-15(14(16)19,12-4-5-12)10-18(8-9-20-3)13-6-7-13/h11-13,17H,4-10H2,1-3H3,(H2,16,19). The van der Waals surface area contributed by atoms with Crippen LogP contribution in [0.25, 0.3) is 0 Å². The third-order valence-electron chi connectivity index (χ3n) is 4.36. The van der Waals surface area contributed by atoms with Crippen LogP contribution in [0, 0.1) is 5.92 Å². The number of nitrogens with zero attached hydrogens (tertiary/aromatic N) is 1. The number of nitrogens with one attached hydrogen (secondary N) is 1. The van der Waals surface area contributed by atoms with Gasteiger partial charge >= 0.3 is 0 Å². The van der Waals surface area contributed by atoms with Crippen molar-refractivity contribution in [3.8, 4) is 0 Å². The van der Waals surface area contributed by atoms with Gasteiger partial charge in [0, 0.05) is 32.3 Å². The van der Waals surface area contributed by atoms with Crippen LogP contribution in [0.4, 0.5) is 0 Å². The Bertz CT molecular complexity index is 340. The number of methoxy groups -OCH3 is 1. The summed E-state index contributed by atoms with van der Waals surface area (Å²) >= 11 is 0. The van der Waals surface area contributed by atoms with E-state index in [0.29, 0.717) is 18.6 Å². The summed E-state index contributed by atoms with van der Waals surface area (Å²) in [5.41, 5.74) is 5.23. The minimum absolute atomic E-state index is 0.197. The minimum atomic E-state index is -0.565. The first-order valence-electron chi connectivity index (χ1n) is 7.80. The molecule has 1 amide bonds. The summed E-state index contributed by atoms with van der Waals surface area (Å²) in [7, 11) is 1.72. The Morgan fingerprint density at radius 3 is 2.45 bits per heavy atom. The van der Waals surface area contributed by atoms with Gasteiger partial charge in [0.2, 0.25) is 5.91 Å². The summed E-state index contributed by atoms with van der Waals surface area (Å²) in [4.78, 5) is 14.6. The highest BCUT2D eigenvalue weighted by Crippen LogP contribution is 2.41. The van der Waals surface area contributed by atoms with Crippen molar-refractivity contribution in [3.63, 3.8) is 0 Å². The monoisotopic (exact) mass is 283 g/mol. The quantitative estimate of drug-likeness (QED) is 0.620. The van der Waals surface area contributed by atoms with Gasteiger partial charge in [-0.2, -0.15) is 0 Å². The summed E-state index contributed by atoms with van der Waals surface area (Å²) in [5, 5.41) is 3.49. The molecule has 2 rings (SSSR count). The van der Waals surface area contributed by atoms with Crippen LogP contribution >= 0.6 is 0 Å². The first-order valence-corrected chi connectivity index (χ1v) is 7.80. The van der Waals surface area contributed by atoms with Gasteiger partial charge in [0.25, 0.3) is 0 Å². The largest absolute Gasteiger partial charge is 0.383 e. The Hall–Kier alpha value is -0.650. The first kappa shape index (κ1) is 15.7. The molecule has 3 N–H and O–H groups in total. The van der Waals surface area contributed by atoms with Crippen molar-refractivity contribution in [2.45, 2.75) is 57.2 Å². The van der Waals surface area contributed by atoms with E-state index in [2.05, 4.69) is 24.1 Å². The van der Waals surface area contributed by atoms with Crippen molar-refractivity contribution in [1.82, 2.24) is 10.2 Å². The fourth-order valence-corrected chi connectivity index (χ4v) is 3.09. The lowest BCUT2D eigenvalue weighted by Gasteiger charge is -2.38. The topological polar surface area (TPSA) is 67.6 Å². The third-order valence-corrected chi connectivity index (χ3v) is 4.36. The van der Waals surface area contributed by atoms with E-state index in [4.69, 9.17) is 10.5 Å². The molecular formula is C15H29N3O2. The highest BCUT2D eigenvalue weighted by Gasteiger charge is 2.52. The fourth-order valence-electron chi connectivity index (χ4n) is 3.09. The van der Waals surface area contributed by atoms with E-state index in [1.165, 1.54) is 12.8 Å². The van der Waals surface area contributed by atoms with Crippen LogP contribution in [0.5, 0.6) is 0 Å². The number of ether oxygens (including phenoxy) is 1. The zero-order valence-corrected chi connectivity index (χ0v) is 13.0. The molecule has 1 atom stereocenters. The van der Waals surface area contributed by atoms with Crippen LogP contribution < -0.4 is 11.1 Å². The van der Waals surface area contributed by atoms with Crippen molar-refractivity contribution in [1.29, 1.82) is 0 Å². The van der Waals surface area contributed by atoms with E-state index < -0.39 is 5.54 Å². The Labute approximate surface area is 122 Å². The van der Waals surface area contributed by atoms with Gasteiger partial charge in [-0.3, -0.25) is 15.0 Å². The lowest BCUT2D eigenvalue weighted by atomic mass is 9.90. The molecule has 2 fully saturated rings. The molecule has 2 aliphatic rings. The number of hydrogen-bond acceptors (Lipinski definition) is 4. The van der Waals surface area contributed by atoms with Crippen molar-refractivity contribution in [3.05, 3.63) is 0 Å². The molecule has 0 aromatic heterocycles. The number of carbonyl (C=O) groups excluding carboxylic acids is 1. The van der Waals surface area contributed by atoms with E-state index >= 15 is 0 Å². The van der Waals surface area contributed by atoms with Gasteiger partial charge in [-0.1, -0.05) is 0 Å². The molecule has 2 saturated carbocycles. The smallest absolute Gasteiger partial charge is 0.239 e. The highest BCUT2D eigenvalue weighted by molar-refractivity contribution is 5.86. The Balaban J connectivity index is 2.09. The normalized spacial score (nSPS) is 22.2.